The molecule has 2 aromatic rings. The van der Waals surface area contributed by atoms with Crippen molar-refractivity contribution in [3.05, 3.63) is 41.1 Å². The van der Waals surface area contributed by atoms with E-state index < -0.39 is 9.84 Å². The molecule has 8 heteroatoms. The van der Waals surface area contributed by atoms with E-state index in [0.29, 0.717) is 23.6 Å². The predicted molar refractivity (Wildman–Crippen MR) is 95.0 cm³/mol. The minimum atomic E-state index is -3.04. The number of nitrogens with one attached hydrogen (secondary N) is 1. The predicted octanol–water partition coefficient (Wildman–Crippen LogP) is 2.12. The summed E-state index contributed by atoms with van der Waals surface area (Å²) in [5.74, 6) is 1.05. The molecule has 2 heterocycles. The zero-order chi connectivity index (χ0) is 18.2. The monoisotopic (exact) mass is 363 g/mol. The first-order valence-corrected chi connectivity index (χ1v) is 9.84. The molecule has 0 bridgehead atoms. The first-order valence-electron chi connectivity index (χ1n) is 8.01. The molecule has 1 aliphatic rings. The molecule has 1 aromatic heterocycles. The van der Waals surface area contributed by atoms with E-state index in [0.717, 1.165) is 11.3 Å². The van der Waals surface area contributed by atoms with Gasteiger partial charge in [0, 0.05) is 11.6 Å². The minimum absolute atomic E-state index is 0.0509. The third kappa shape index (κ3) is 3.68. The van der Waals surface area contributed by atoms with E-state index in [4.69, 9.17) is 4.74 Å². The highest BCUT2D eigenvalue weighted by Gasteiger charge is 2.31. The van der Waals surface area contributed by atoms with Gasteiger partial charge in [-0.3, -0.25) is 4.79 Å². The van der Waals surface area contributed by atoms with Gasteiger partial charge >= 0.3 is 0 Å². The van der Waals surface area contributed by atoms with Crippen molar-refractivity contribution in [3.63, 3.8) is 0 Å². The fraction of sp³-hybridized carbons (Fsp3) is 0.412. The summed E-state index contributed by atoms with van der Waals surface area (Å²) in [7, 11) is -1.48. The molecule has 1 amide bonds. The highest BCUT2D eigenvalue weighted by Crippen LogP contribution is 2.27. The van der Waals surface area contributed by atoms with Crippen molar-refractivity contribution in [1.29, 1.82) is 0 Å². The summed E-state index contributed by atoms with van der Waals surface area (Å²) in [6.07, 6.45) is 0.505. The zero-order valence-electron chi connectivity index (χ0n) is 14.4. The molecule has 1 saturated heterocycles. The number of hydrogen-bond acceptors (Lipinski definition) is 5. The maximum atomic E-state index is 12.6. The average molecular weight is 363 g/mol. The molecule has 0 unspecified atom stereocenters. The standard InChI is InChI=1S/C17H21N3O4S/c1-11-4-5-13(9-15(11)24-3)17(21)18-16-8-12(2)19-20(16)14-6-7-25(22,23)10-14/h4-5,8-9,14H,6-7,10H2,1-3H3,(H,18,21)/t14-/m0/s1. The first-order chi connectivity index (χ1) is 11.8. The Morgan fingerprint density at radius 2 is 2.08 bits per heavy atom. The summed E-state index contributed by atoms with van der Waals surface area (Å²) in [5, 5.41) is 7.20. The van der Waals surface area contributed by atoms with E-state index in [2.05, 4.69) is 10.4 Å². The second-order valence-corrected chi connectivity index (χ2v) is 8.54. The van der Waals surface area contributed by atoms with Gasteiger partial charge in [-0.1, -0.05) is 6.07 Å². The van der Waals surface area contributed by atoms with Gasteiger partial charge in [-0.05, 0) is 38.0 Å². The SMILES string of the molecule is COc1cc(C(=O)Nc2cc(C)nn2[C@H]2CCS(=O)(=O)C2)ccc1C. The van der Waals surface area contributed by atoms with E-state index in [1.807, 2.05) is 19.9 Å². The maximum absolute atomic E-state index is 12.6. The van der Waals surface area contributed by atoms with Gasteiger partial charge in [0.05, 0.1) is 30.4 Å². The number of amides is 1. The summed E-state index contributed by atoms with van der Waals surface area (Å²) in [6, 6.07) is 6.72. The molecule has 0 saturated carbocycles. The van der Waals surface area contributed by atoms with Crippen LogP contribution in [0.2, 0.25) is 0 Å². The lowest BCUT2D eigenvalue weighted by Gasteiger charge is -2.14. The van der Waals surface area contributed by atoms with E-state index in [1.165, 1.54) is 0 Å². The van der Waals surface area contributed by atoms with Gasteiger partial charge in [-0.25, -0.2) is 13.1 Å². The molecule has 3 rings (SSSR count). The van der Waals surface area contributed by atoms with Crippen LogP contribution in [0.1, 0.15) is 34.1 Å². The molecule has 1 aliphatic heterocycles. The Morgan fingerprint density at radius 1 is 1.32 bits per heavy atom. The van der Waals surface area contributed by atoms with Crippen molar-refractivity contribution in [3.8, 4) is 5.75 Å². The van der Waals surface area contributed by atoms with Gasteiger partial charge < -0.3 is 10.1 Å². The van der Waals surface area contributed by atoms with Gasteiger partial charge in [-0.15, -0.1) is 0 Å². The lowest BCUT2D eigenvalue weighted by molar-refractivity contribution is 0.102. The van der Waals surface area contributed by atoms with E-state index in [9.17, 15) is 13.2 Å². The summed E-state index contributed by atoms with van der Waals surface area (Å²) in [6.45, 7) is 3.71. The Kier molecular flexibility index (Phi) is 4.55. The smallest absolute Gasteiger partial charge is 0.256 e. The number of hydrogen-bond donors (Lipinski definition) is 1. The van der Waals surface area contributed by atoms with Gasteiger partial charge in [0.15, 0.2) is 9.84 Å². The van der Waals surface area contributed by atoms with Crippen molar-refractivity contribution < 1.29 is 17.9 Å². The van der Waals surface area contributed by atoms with Crippen LogP contribution < -0.4 is 10.1 Å². The van der Waals surface area contributed by atoms with Crippen LogP contribution in [0.3, 0.4) is 0 Å². The average Bonchev–Trinajstić information content (AvgIpc) is 3.09. The first kappa shape index (κ1) is 17.5. The molecule has 1 N–H and O–H groups in total. The van der Waals surface area contributed by atoms with Crippen molar-refractivity contribution in [2.45, 2.75) is 26.3 Å². The van der Waals surface area contributed by atoms with Crippen LogP contribution in [0.4, 0.5) is 5.82 Å². The van der Waals surface area contributed by atoms with Gasteiger partial charge in [0.25, 0.3) is 5.91 Å². The van der Waals surface area contributed by atoms with Crippen LogP contribution in [0.25, 0.3) is 0 Å². The highest BCUT2D eigenvalue weighted by molar-refractivity contribution is 7.91. The van der Waals surface area contributed by atoms with E-state index in [-0.39, 0.29) is 23.5 Å². The fourth-order valence-corrected chi connectivity index (χ4v) is 4.70. The molecule has 1 aromatic carbocycles. The Balaban J connectivity index is 1.85. The largest absolute Gasteiger partial charge is 0.496 e. The summed E-state index contributed by atoms with van der Waals surface area (Å²) in [4.78, 5) is 12.6. The molecule has 0 spiro atoms. The van der Waals surface area contributed by atoms with Crippen LogP contribution in [0, 0.1) is 13.8 Å². The Bertz CT molecular complexity index is 918. The van der Waals surface area contributed by atoms with Crippen molar-refractivity contribution in [2.24, 2.45) is 0 Å². The number of aromatic nitrogens is 2. The third-order valence-corrected chi connectivity index (χ3v) is 6.07. The quantitative estimate of drug-likeness (QED) is 0.899. The molecule has 0 radical (unpaired) electrons. The molecule has 1 fully saturated rings. The number of nitrogens with zero attached hydrogens (tertiary/aromatic N) is 2. The number of anilines is 1. The third-order valence-electron chi connectivity index (χ3n) is 4.32. The number of aryl methyl sites for hydroxylation is 2. The van der Waals surface area contributed by atoms with Gasteiger partial charge in [-0.2, -0.15) is 5.10 Å². The molecular weight excluding hydrogens is 342 g/mol. The van der Waals surface area contributed by atoms with Crippen molar-refractivity contribution in [2.75, 3.05) is 23.9 Å². The van der Waals surface area contributed by atoms with Crippen LogP contribution >= 0.6 is 0 Å². The van der Waals surface area contributed by atoms with Crippen LogP contribution in [-0.2, 0) is 9.84 Å². The summed E-state index contributed by atoms with van der Waals surface area (Å²) < 4.78 is 30.3. The molecule has 1 atom stereocenters. The Hall–Kier alpha value is -2.35. The maximum Gasteiger partial charge on any atom is 0.256 e. The highest BCUT2D eigenvalue weighted by atomic mass is 32.2. The molecule has 25 heavy (non-hydrogen) atoms. The number of methoxy groups -OCH3 is 1. The number of rotatable bonds is 4. The Labute approximate surface area is 146 Å². The number of carbonyl (C=O) groups excluding carboxylic acids is 1. The van der Waals surface area contributed by atoms with Crippen molar-refractivity contribution in [1.82, 2.24) is 9.78 Å². The lowest BCUT2D eigenvalue weighted by Crippen LogP contribution is -2.19. The molecule has 7 nitrogen and oxygen atoms in total. The number of sulfone groups is 1. The van der Waals surface area contributed by atoms with Gasteiger partial charge in [0.2, 0.25) is 0 Å². The summed E-state index contributed by atoms with van der Waals surface area (Å²) >= 11 is 0. The van der Waals surface area contributed by atoms with E-state index in [1.54, 1.807) is 30.0 Å². The van der Waals surface area contributed by atoms with E-state index >= 15 is 0 Å². The topological polar surface area (TPSA) is 90.3 Å². The number of ether oxygens (including phenoxy) is 1. The second kappa shape index (κ2) is 6.51. The zero-order valence-corrected chi connectivity index (χ0v) is 15.3. The minimum Gasteiger partial charge on any atom is -0.496 e. The fourth-order valence-electron chi connectivity index (χ4n) is 3.01. The molecule has 134 valence electrons. The van der Waals surface area contributed by atoms with Gasteiger partial charge in [0.1, 0.15) is 11.6 Å². The second-order valence-electron chi connectivity index (χ2n) is 6.31. The van der Waals surface area contributed by atoms with Crippen LogP contribution in [0.5, 0.6) is 5.75 Å². The van der Waals surface area contributed by atoms with Crippen molar-refractivity contribution >= 4 is 21.6 Å². The molecular formula is C17H21N3O4S. The number of benzene rings is 1. The Morgan fingerprint density at radius 3 is 2.72 bits per heavy atom. The lowest BCUT2D eigenvalue weighted by atomic mass is 10.1. The summed E-state index contributed by atoms with van der Waals surface area (Å²) in [5.41, 5.74) is 2.13. The number of carbonyl (C=O) groups is 1. The normalized spacial score (nSPS) is 18.9. The van der Waals surface area contributed by atoms with Crippen LogP contribution in [0.15, 0.2) is 24.3 Å². The van der Waals surface area contributed by atoms with Crippen LogP contribution in [-0.4, -0.2) is 42.7 Å². The molecule has 0 aliphatic carbocycles.